The van der Waals surface area contributed by atoms with Crippen molar-refractivity contribution in [2.24, 2.45) is 0 Å². The molecule has 2 heterocycles. The van der Waals surface area contributed by atoms with Crippen LogP contribution in [-0.4, -0.2) is 36.7 Å². The molecule has 0 atom stereocenters. The summed E-state index contributed by atoms with van der Waals surface area (Å²) in [6.07, 6.45) is 6.24. The van der Waals surface area contributed by atoms with Gasteiger partial charge in [0, 0.05) is 25.7 Å². The van der Waals surface area contributed by atoms with Crippen LogP contribution in [0.4, 0.5) is 11.6 Å². The zero-order valence-electron chi connectivity index (χ0n) is 13.7. The van der Waals surface area contributed by atoms with Gasteiger partial charge in [-0.2, -0.15) is 0 Å². The lowest BCUT2D eigenvalue weighted by atomic mass is 10.1. The molecule has 0 amide bonds. The van der Waals surface area contributed by atoms with Gasteiger partial charge in [0.05, 0.1) is 7.11 Å². The Morgan fingerprint density at radius 1 is 1.17 bits per heavy atom. The van der Waals surface area contributed by atoms with Crippen LogP contribution in [0.3, 0.4) is 0 Å². The summed E-state index contributed by atoms with van der Waals surface area (Å²) in [7, 11) is 1.70. The maximum absolute atomic E-state index is 5.26. The highest BCUT2D eigenvalue weighted by Crippen LogP contribution is 2.19. The number of aromatic nitrogens is 2. The fourth-order valence-electron chi connectivity index (χ4n) is 2.90. The maximum Gasteiger partial charge on any atom is 0.134 e. The Kier molecular flexibility index (Phi) is 5.29. The van der Waals surface area contributed by atoms with Crippen molar-refractivity contribution < 1.29 is 4.74 Å². The number of hydrogen-bond acceptors (Lipinski definition) is 5. The zero-order valence-corrected chi connectivity index (χ0v) is 13.7. The number of nitrogens with one attached hydrogen (secondary N) is 1. The van der Waals surface area contributed by atoms with E-state index in [9.17, 15) is 0 Å². The van der Waals surface area contributed by atoms with E-state index in [0.717, 1.165) is 49.9 Å². The Morgan fingerprint density at radius 3 is 2.87 bits per heavy atom. The van der Waals surface area contributed by atoms with Crippen LogP contribution in [0.15, 0.2) is 36.7 Å². The molecule has 0 unspecified atom stereocenters. The van der Waals surface area contributed by atoms with E-state index in [0.29, 0.717) is 0 Å². The molecule has 1 aliphatic rings. The van der Waals surface area contributed by atoms with Crippen LogP contribution in [-0.2, 0) is 6.42 Å². The van der Waals surface area contributed by atoms with E-state index < -0.39 is 0 Å². The van der Waals surface area contributed by atoms with Crippen molar-refractivity contribution in [1.82, 2.24) is 9.97 Å². The third kappa shape index (κ3) is 4.34. The number of aryl methyl sites for hydroxylation is 1. The Morgan fingerprint density at radius 2 is 2.04 bits per heavy atom. The van der Waals surface area contributed by atoms with Gasteiger partial charge in [0.15, 0.2) is 0 Å². The van der Waals surface area contributed by atoms with Crippen molar-refractivity contribution in [1.29, 1.82) is 0 Å². The fourth-order valence-corrected chi connectivity index (χ4v) is 2.90. The van der Waals surface area contributed by atoms with E-state index in [1.165, 1.54) is 18.4 Å². The average molecular weight is 312 g/mol. The van der Waals surface area contributed by atoms with Gasteiger partial charge in [-0.15, -0.1) is 0 Å². The van der Waals surface area contributed by atoms with Crippen molar-refractivity contribution in [2.45, 2.75) is 25.7 Å². The zero-order chi connectivity index (χ0) is 15.9. The minimum atomic E-state index is 0.896. The lowest BCUT2D eigenvalue weighted by Crippen LogP contribution is -2.19. The van der Waals surface area contributed by atoms with Crippen LogP contribution in [0.5, 0.6) is 5.75 Å². The predicted molar refractivity (Wildman–Crippen MR) is 93.3 cm³/mol. The van der Waals surface area contributed by atoms with Crippen LogP contribution in [0.2, 0.25) is 0 Å². The van der Waals surface area contributed by atoms with Crippen molar-refractivity contribution in [3.8, 4) is 5.75 Å². The van der Waals surface area contributed by atoms with E-state index in [1.807, 2.05) is 12.1 Å². The summed E-state index contributed by atoms with van der Waals surface area (Å²) >= 11 is 0. The third-order valence-corrected chi connectivity index (χ3v) is 4.17. The molecule has 0 bridgehead atoms. The van der Waals surface area contributed by atoms with Crippen molar-refractivity contribution in [2.75, 3.05) is 37.0 Å². The summed E-state index contributed by atoms with van der Waals surface area (Å²) < 4.78 is 5.26. The summed E-state index contributed by atoms with van der Waals surface area (Å²) in [6.45, 7) is 3.10. The highest BCUT2D eigenvalue weighted by Gasteiger charge is 2.13. The molecule has 2 aromatic rings. The molecule has 1 N–H and O–H groups in total. The first-order valence-corrected chi connectivity index (χ1v) is 8.29. The van der Waals surface area contributed by atoms with Gasteiger partial charge < -0.3 is 15.0 Å². The van der Waals surface area contributed by atoms with Crippen molar-refractivity contribution >= 4 is 11.6 Å². The second-order valence-corrected chi connectivity index (χ2v) is 5.84. The van der Waals surface area contributed by atoms with Gasteiger partial charge in [0.1, 0.15) is 23.7 Å². The number of methoxy groups -OCH3 is 1. The smallest absolute Gasteiger partial charge is 0.134 e. The second kappa shape index (κ2) is 7.81. The number of benzene rings is 1. The lowest BCUT2D eigenvalue weighted by Gasteiger charge is -2.16. The standard InChI is InChI=1S/C18H24N4O/c1-23-16-8-4-6-15(12-16)7-5-9-19-17-13-18(21-14-20-17)22-10-2-3-11-22/h4,6,8,12-14H,2-3,5,7,9-11H2,1H3,(H,19,20,21). The highest BCUT2D eigenvalue weighted by atomic mass is 16.5. The summed E-state index contributed by atoms with van der Waals surface area (Å²) in [4.78, 5) is 11.0. The van der Waals surface area contributed by atoms with Gasteiger partial charge in [-0.1, -0.05) is 12.1 Å². The van der Waals surface area contributed by atoms with Crippen LogP contribution in [0, 0.1) is 0 Å². The fraction of sp³-hybridized carbons (Fsp3) is 0.444. The molecule has 5 nitrogen and oxygen atoms in total. The molecule has 1 aromatic heterocycles. The molecule has 122 valence electrons. The Labute approximate surface area is 137 Å². The van der Waals surface area contributed by atoms with E-state index >= 15 is 0 Å². The normalized spacial score (nSPS) is 14.0. The molecule has 23 heavy (non-hydrogen) atoms. The maximum atomic E-state index is 5.26. The summed E-state index contributed by atoms with van der Waals surface area (Å²) in [6, 6.07) is 10.3. The van der Waals surface area contributed by atoms with Crippen LogP contribution >= 0.6 is 0 Å². The Hall–Kier alpha value is -2.30. The largest absolute Gasteiger partial charge is 0.497 e. The van der Waals surface area contributed by atoms with E-state index in [2.05, 4.69) is 38.4 Å². The van der Waals surface area contributed by atoms with E-state index in [-0.39, 0.29) is 0 Å². The molecule has 0 radical (unpaired) electrons. The quantitative estimate of drug-likeness (QED) is 0.796. The number of ether oxygens (including phenoxy) is 1. The first-order chi connectivity index (χ1) is 11.3. The minimum Gasteiger partial charge on any atom is -0.497 e. The van der Waals surface area contributed by atoms with Crippen molar-refractivity contribution in [3.63, 3.8) is 0 Å². The molecule has 0 spiro atoms. The van der Waals surface area contributed by atoms with Gasteiger partial charge in [0.25, 0.3) is 0 Å². The molecular weight excluding hydrogens is 288 g/mol. The van der Waals surface area contributed by atoms with Crippen LogP contribution < -0.4 is 15.0 Å². The number of hydrogen-bond donors (Lipinski definition) is 1. The number of anilines is 2. The molecule has 1 aromatic carbocycles. The number of nitrogens with zero attached hydrogens (tertiary/aromatic N) is 3. The number of rotatable bonds is 7. The summed E-state index contributed by atoms with van der Waals surface area (Å²) in [5, 5.41) is 3.40. The summed E-state index contributed by atoms with van der Waals surface area (Å²) in [5.74, 6) is 2.86. The monoisotopic (exact) mass is 312 g/mol. The molecule has 0 saturated carbocycles. The molecule has 1 aliphatic heterocycles. The second-order valence-electron chi connectivity index (χ2n) is 5.84. The predicted octanol–water partition coefficient (Wildman–Crippen LogP) is 3.13. The average Bonchev–Trinajstić information content (AvgIpc) is 3.14. The van der Waals surface area contributed by atoms with Gasteiger partial charge in [-0.05, 0) is 43.4 Å². The Bertz CT molecular complexity index is 626. The molecule has 1 saturated heterocycles. The molecule has 3 rings (SSSR count). The molecule has 0 aliphatic carbocycles. The Balaban J connectivity index is 1.47. The van der Waals surface area contributed by atoms with Gasteiger partial charge in [-0.3, -0.25) is 0 Å². The highest BCUT2D eigenvalue weighted by molar-refractivity contribution is 5.48. The SMILES string of the molecule is COc1cccc(CCCNc2cc(N3CCCC3)ncn2)c1. The van der Waals surface area contributed by atoms with E-state index in [4.69, 9.17) is 4.74 Å². The lowest BCUT2D eigenvalue weighted by molar-refractivity contribution is 0.414. The van der Waals surface area contributed by atoms with Crippen LogP contribution in [0.1, 0.15) is 24.8 Å². The summed E-state index contributed by atoms with van der Waals surface area (Å²) in [5.41, 5.74) is 1.30. The van der Waals surface area contributed by atoms with Gasteiger partial charge in [-0.25, -0.2) is 9.97 Å². The van der Waals surface area contributed by atoms with Gasteiger partial charge in [0.2, 0.25) is 0 Å². The molecular formula is C18H24N4O. The topological polar surface area (TPSA) is 50.3 Å². The molecule has 5 heteroatoms. The first-order valence-electron chi connectivity index (χ1n) is 8.29. The van der Waals surface area contributed by atoms with Crippen LogP contribution in [0.25, 0.3) is 0 Å². The van der Waals surface area contributed by atoms with Crippen molar-refractivity contribution in [3.05, 3.63) is 42.2 Å². The van der Waals surface area contributed by atoms with E-state index in [1.54, 1.807) is 13.4 Å². The molecule has 1 fully saturated rings. The third-order valence-electron chi connectivity index (χ3n) is 4.17. The minimum absolute atomic E-state index is 0.896. The first kappa shape index (κ1) is 15.6. The van der Waals surface area contributed by atoms with Gasteiger partial charge >= 0.3 is 0 Å².